The zero-order chi connectivity index (χ0) is 22.2. The molecule has 2 fully saturated rings. The molecule has 0 spiro atoms. The minimum atomic E-state index is -0.183. The molecule has 2 N–H and O–H groups in total. The molecule has 2 heterocycles. The Kier molecular flexibility index (Phi) is 7.83. The van der Waals surface area contributed by atoms with Crippen molar-refractivity contribution in [3.05, 3.63) is 48.7 Å². The zero-order valence-electron chi connectivity index (χ0n) is 18.1. The molecule has 1 atom stereocenters. The highest BCUT2D eigenvalue weighted by Crippen LogP contribution is 2.22. The molecule has 2 aliphatic heterocycles. The largest absolute Gasteiger partial charge is 0.469 e. The average Bonchev–Trinajstić information content (AvgIpc) is 3.27. The molecule has 1 aromatic carbocycles. The molecule has 2 saturated heterocycles. The molecule has 0 bridgehead atoms. The van der Waals surface area contributed by atoms with Crippen LogP contribution in [0.4, 0.5) is 5.69 Å². The minimum absolute atomic E-state index is 0.114. The fourth-order valence-corrected chi connectivity index (χ4v) is 3.96. The van der Waals surface area contributed by atoms with Gasteiger partial charge in [-0.15, -0.1) is 0 Å². The number of nitrogens with two attached hydrogens (primary N) is 1. The van der Waals surface area contributed by atoms with Crippen LogP contribution in [0.1, 0.15) is 12.0 Å². The van der Waals surface area contributed by atoms with E-state index >= 15 is 0 Å². The number of carbonyl (C=O) groups excluding carboxylic acids is 2. The number of rotatable bonds is 7. The molecule has 1 aromatic rings. The predicted molar refractivity (Wildman–Crippen MR) is 123 cm³/mol. The van der Waals surface area contributed by atoms with Crippen molar-refractivity contribution in [1.82, 2.24) is 9.80 Å². The second-order valence-electron chi connectivity index (χ2n) is 7.77. The lowest BCUT2D eigenvalue weighted by atomic mass is 10.1. The Morgan fingerprint density at radius 3 is 2.55 bits per heavy atom. The van der Waals surface area contributed by atoms with Gasteiger partial charge < -0.3 is 20.3 Å². The number of aliphatic imine (C=N–C) groups is 1. The van der Waals surface area contributed by atoms with Gasteiger partial charge in [-0.3, -0.25) is 19.5 Å². The summed E-state index contributed by atoms with van der Waals surface area (Å²) in [6, 6.07) is 8.13. The van der Waals surface area contributed by atoms with Gasteiger partial charge in [-0.05, 0) is 42.9 Å². The summed E-state index contributed by atoms with van der Waals surface area (Å²) >= 11 is 0. The Bertz CT molecular complexity index is 841. The molecule has 0 unspecified atom stereocenters. The lowest BCUT2D eigenvalue weighted by molar-refractivity contribution is -0.145. The van der Waals surface area contributed by atoms with Crippen molar-refractivity contribution >= 4 is 29.5 Å². The predicted octanol–water partition coefficient (Wildman–Crippen LogP) is 1.34. The van der Waals surface area contributed by atoms with Crippen molar-refractivity contribution in [2.75, 3.05) is 57.8 Å². The highest BCUT2D eigenvalue weighted by molar-refractivity contribution is 5.80. The van der Waals surface area contributed by atoms with Gasteiger partial charge in [0.15, 0.2) is 0 Å². The van der Waals surface area contributed by atoms with Crippen LogP contribution < -0.4 is 10.6 Å². The fraction of sp³-hybridized carbons (Fsp3) is 0.435. The number of allylic oxidation sites excluding steroid dienone is 1. The van der Waals surface area contributed by atoms with Crippen molar-refractivity contribution in [1.29, 1.82) is 0 Å². The summed E-state index contributed by atoms with van der Waals surface area (Å²) in [7, 11) is 1.41. The first-order valence-electron chi connectivity index (χ1n) is 10.5. The first-order chi connectivity index (χ1) is 15.0. The molecule has 1 amide bonds. The average molecular weight is 426 g/mol. The number of amides is 1. The lowest BCUT2D eigenvalue weighted by Crippen LogP contribution is -2.51. The van der Waals surface area contributed by atoms with Crippen molar-refractivity contribution in [2.24, 2.45) is 16.6 Å². The zero-order valence-corrected chi connectivity index (χ0v) is 18.1. The van der Waals surface area contributed by atoms with Crippen LogP contribution in [0.5, 0.6) is 0 Å². The van der Waals surface area contributed by atoms with Gasteiger partial charge >= 0.3 is 5.97 Å². The maximum Gasteiger partial charge on any atom is 0.310 e. The smallest absolute Gasteiger partial charge is 0.310 e. The number of anilines is 1. The second kappa shape index (κ2) is 10.8. The van der Waals surface area contributed by atoms with Gasteiger partial charge in [-0.25, -0.2) is 0 Å². The van der Waals surface area contributed by atoms with E-state index in [1.165, 1.54) is 13.3 Å². The third kappa shape index (κ3) is 5.95. The van der Waals surface area contributed by atoms with E-state index in [-0.39, 0.29) is 17.8 Å². The number of hydrogen-bond acceptors (Lipinski definition) is 7. The van der Waals surface area contributed by atoms with Crippen LogP contribution >= 0.6 is 0 Å². The first kappa shape index (κ1) is 22.6. The van der Waals surface area contributed by atoms with Crippen LogP contribution in [0.25, 0.3) is 5.70 Å². The van der Waals surface area contributed by atoms with E-state index < -0.39 is 0 Å². The molecule has 3 rings (SSSR count). The molecule has 0 aromatic heterocycles. The molecule has 2 aliphatic rings. The Labute approximate surface area is 183 Å². The first-order valence-corrected chi connectivity index (χ1v) is 10.5. The maximum absolute atomic E-state index is 12.7. The number of likely N-dealkylation sites (tertiary alicyclic amines) is 1. The van der Waals surface area contributed by atoms with Crippen LogP contribution in [-0.4, -0.2) is 80.8 Å². The molecule has 0 aliphatic carbocycles. The quantitative estimate of drug-likeness (QED) is 0.524. The summed E-state index contributed by atoms with van der Waals surface area (Å²) in [4.78, 5) is 34.8. The van der Waals surface area contributed by atoms with E-state index in [2.05, 4.69) is 28.6 Å². The fourth-order valence-electron chi connectivity index (χ4n) is 3.96. The molecule has 0 radical (unpaired) electrons. The second-order valence-corrected chi connectivity index (χ2v) is 7.77. The van der Waals surface area contributed by atoms with Gasteiger partial charge in [0.05, 0.1) is 25.3 Å². The van der Waals surface area contributed by atoms with Gasteiger partial charge in [0.2, 0.25) is 5.91 Å². The maximum atomic E-state index is 12.7. The van der Waals surface area contributed by atoms with Gasteiger partial charge in [0.1, 0.15) is 0 Å². The van der Waals surface area contributed by atoms with E-state index in [1.54, 1.807) is 12.3 Å². The Morgan fingerprint density at radius 2 is 1.90 bits per heavy atom. The van der Waals surface area contributed by atoms with Crippen LogP contribution in [0.15, 0.2) is 48.1 Å². The third-order valence-electron chi connectivity index (χ3n) is 5.79. The number of nitrogens with zero attached hydrogens (tertiary/aromatic N) is 4. The standard InChI is InChI=1S/C23H31N5O3/c1-18(25-10-3-9-24)19-4-6-21(7-5-19)27-12-14-28(15-13-27)22(29)17-26-11-8-20(16-26)23(30)31-2/h3-7,9-10,20H,1,8,11-17,24H2,2H3/b9-3-,25-10-/t20-/m1/s1. The highest BCUT2D eigenvalue weighted by Gasteiger charge is 2.31. The highest BCUT2D eigenvalue weighted by atomic mass is 16.5. The number of methoxy groups -OCH3 is 1. The molecule has 8 heteroatoms. The number of benzene rings is 1. The summed E-state index contributed by atoms with van der Waals surface area (Å²) in [5.41, 5.74) is 8.05. The summed E-state index contributed by atoms with van der Waals surface area (Å²) in [5, 5.41) is 0. The van der Waals surface area contributed by atoms with E-state index in [4.69, 9.17) is 10.5 Å². The monoisotopic (exact) mass is 425 g/mol. The van der Waals surface area contributed by atoms with E-state index in [0.29, 0.717) is 31.9 Å². The summed E-state index contributed by atoms with van der Waals surface area (Å²) in [6.07, 6.45) is 5.45. The number of carbonyl (C=O) groups is 2. The van der Waals surface area contributed by atoms with Crippen molar-refractivity contribution < 1.29 is 14.3 Å². The Hall–Kier alpha value is -3.13. The number of ether oxygens (including phenoxy) is 1. The van der Waals surface area contributed by atoms with Gasteiger partial charge in [0, 0.05) is 44.6 Å². The Morgan fingerprint density at radius 1 is 1.19 bits per heavy atom. The molecule has 8 nitrogen and oxygen atoms in total. The van der Waals surface area contributed by atoms with E-state index in [0.717, 1.165) is 37.3 Å². The van der Waals surface area contributed by atoms with Gasteiger partial charge in [0.25, 0.3) is 0 Å². The van der Waals surface area contributed by atoms with Crippen LogP contribution in [0.3, 0.4) is 0 Å². The number of hydrogen-bond donors (Lipinski definition) is 1. The normalized spacial score (nSPS) is 20.0. The molecule has 31 heavy (non-hydrogen) atoms. The summed E-state index contributed by atoms with van der Waals surface area (Å²) < 4.78 is 4.81. The van der Waals surface area contributed by atoms with Gasteiger partial charge in [-0.1, -0.05) is 18.7 Å². The van der Waals surface area contributed by atoms with Crippen molar-refractivity contribution in [3.8, 4) is 0 Å². The van der Waals surface area contributed by atoms with Crippen molar-refractivity contribution in [3.63, 3.8) is 0 Å². The van der Waals surface area contributed by atoms with Crippen LogP contribution in [0.2, 0.25) is 0 Å². The van der Waals surface area contributed by atoms with Crippen molar-refractivity contribution in [2.45, 2.75) is 6.42 Å². The molecule has 0 saturated carbocycles. The van der Waals surface area contributed by atoms with E-state index in [9.17, 15) is 9.59 Å². The number of esters is 1. The third-order valence-corrected chi connectivity index (χ3v) is 5.79. The van der Waals surface area contributed by atoms with Crippen LogP contribution in [0, 0.1) is 5.92 Å². The van der Waals surface area contributed by atoms with E-state index in [1.807, 2.05) is 21.9 Å². The van der Waals surface area contributed by atoms with Gasteiger partial charge in [-0.2, -0.15) is 0 Å². The minimum Gasteiger partial charge on any atom is -0.469 e. The number of piperazine rings is 1. The Balaban J connectivity index is 1.46. The SMILES string of the molecule is C=C(/N=C\C=C/N)c1ccc(N2CCN(C(=O)CN3CC[C@@H](C(=O)OC)C3)CC2)cc1. The topological polar surface area (TPSA) is 91.5 Å². The van der Waals surface area contributed by atoms with Crippen LogP contribution in [-0.2, 0) is 14.3 Å². The molecular formula is C23H31N5O3. The summed E-state index contributed by atoms with van der Waals surface area (Å²) in [6.45, 7) is 8.65. The lowest BCUT2D eigenvalue weighted by Gasteiger charge is -2.36. The summed E-state index contributed by atoms with van der Waals surface area (Å²) in [5.74, 6) is -0.171. The molecule has 166 valence electrons. The molecular weight excluding hydrogens is 394 g/mol.